The Hall–Kier alpha value is -0.610. The number of ether oxygens (including phenoxy) is 1. The van der Waals surface area contributed by atoms with Gasteiger partial charge in [0.2, 0.25) is 0 Å². The number of rotatable bonds is 4. The Morgan fingerprint density at radius 3 is 2.40 bits per heavy atom. The predicted octanol–water partition coefficient (Wildman–Crippen LogP) is 0.864. The molecule has 4 nitrogen and oxygen atoms in total. The molecule has 0 fully saturated rings. The van der Waals surface area contributed by atoms with E-state index in [9.17, 15) is 4.79 Å². The van der Waals surface area contributed by atoms with Crippen LogP contribution in [0.1, 0.15) is 20.8 Å². The van der Waals surface area contributed by atoms with Crippen molar-refractivity contribution in [1.29, 1.82) is 0 Å². The van der Waals surface area contributed by atoms with Gasteiger partial charge in [-0.2, -0.15) is 4.89 Å². The van der Waals surface area contributed by atoms with Crippen LogP contribution in [0.25, 0.3) is 0 Å². The van der Waals surface area contributed by atoms with E-state index < -0.39 is 0 Å². The molecule has 60 valence electrons. The molecule has 10 heavy (non-hydrogen) atoms. The van der Waals surface area contributed by atoms with Crippen molar-refractivity contribution in [2.45, 2.75) is 26.4 Å². The van der Waals surface area contributed by atoms with Crippen LogP contribution in [0.3, 0.4) is 0 Å². The topological polar surface area (TPSA) is 44.8 Å². The highest BCUT2D eigenvalue weighted by Gasteiger charge is 2.09. The molecule has 0 rings (SSSR count). The summed E-state index contributed by atoms with van der Waals surface area (Å²) in [4.78, 5) is 17.7. The molecule has 0 aromatic carbocycles. The summed E-state index contributed by atoms with van der Waals surface area (Å²) in [7, 11) is 0. The maximum atomic E-state index is 9.53. The minimum Gasteiger partial charge on any atom is -0.346 e. The summed E-state index contributed by atoms with van der Waals surface area (Å²) >= 11 is 0. The van der Waals surface area contributed by atoms with Crippen LogP contribution in [0.15, 0.2) is 0 Å². The van der Waals surface area contributed by atoms with Gasteiger partial charge in [-0.25, -0.2) is 0 Å². The summed E-state index contributed by atoms with van der Waals surface area (Å²) in [6.07, 6.45) is 0. The molecule has 0 amide bonds. The lowest BCUT2D eigenvalue weighted by Gasteiger charge is -2.17. The Morgan fingerprint density at radius 1 is 1.40 bits per heavy atom. The Labute approximate surface area is 60.0 Å². The summed E-state index contributed by atoms with van der Waals surface area (Å²) in [5.41, 5.74) is -0.272. The lowest BCUT2D eigenvalue weighted by atomic mass is 10.2. The first-order valence-corrected chi connectivity index (χ1v) is 2.92. The molecular formula is C6H12O4. The fourth-order valence-electron chi connectivity index (χ4n) is 0.256. The number of carbonyl (C=O) groups is 1. The molecule has 0 radical (unpaired) electrons. The van der Waals surface area contributed by atoms with E-state index >= 15 is 0 Å². The third kappa shape index (κ3) is 7.39. The fraction of sp³-hybridized carbons (Fsp3) is 0.833. The van der Waals surface area contributed by atoms with Crippen molar-refractivity contribution in [3.63, 3.8) is 0 Å². The standard InChI is InChI=1S/C6H12O4/c1-6(2,3)8-5-10-9-4-7/h4H,5H2,1-3H3. The van der Waals surface area contributed by atoms with Crippen LogP contribution in [0.4, 0.5) is 0 Å². The van der Waals surface area contributed by atoms with E-state index in [1.54, 1.807) is 0 Å². The van der Waals surface area contributed by atoms with Gasteiger partial charge in [0.1, 0.15) is 0 Å². The molecule has 0 aliphatic heterocycles. The third-order valence-electron chi connectivity index (χ3n) is 0.647. The van der Waals surface area contributed by atoms with Crippen molar-refractivity contribution >= 4 is 6.47 Å². The minimum atomic E-state index is -0.272. The van der Waals surface area contributed by atoms with Gasteiger partial charge in [0.05, 0.1) is 5.60 Å². The predicted molar refractivity (Wildman–Crippen MR) is 33.9 cm³/mol. The van der Waals surface area contributed by atoms with Gasteiger partial charge in [-0.15, -0.1) is 0 Å². The molecule has 0 N–H and O–H groups in total. The second-order valence-electron chi connectivity index (χ2n) is 2.68. The summed E-state index contributed by atoms with van der Waals surface area (Å²) in [6, 6.07) is 0. The van der Waals surface area contributed by atoms with E-state index in [0.29, 0.717) is 0 Å². The molecule has 0 saturated heterocycles. The van der Waals surface area contributed by atoms with Crippen molar-refractivity contribution in [2.75, 3.05) is 6.79 Å². The first kappa shape index (κ1) is 9.39. The van der Waals surface area contributed by atoms with E-state index in [4.69, 9.17) is 4.74 Å². The number of hydrogen-bond donors (Lipinski definition) is 0. The van der Waals surface area contributed by atoms with Crippen LogP contribution in [-0.2, 0) is 19.3 Å². The summed E-state index contributed by atoms with van der Waals surface area (Å²) in [6.45, 7) is 5.78. The van der Waals surface area contributed by atoms with Crippen LogP contribution in [0.2, 0.25) is 0 Å². The molecule has 4 heteroatoms. The summed E-state index contributed by atoms with van der Waals surface area (Å²) < 4.78 is 5.03. The van der Waals surface area contributed by atoms with Crippen molar-refractivity contribution in [3.05, 3.63) is 0 Å². The minimum absolute atomic E-state index is 0.0394. The van der Waals surface area contributed by atoms with Gasteiger partial charge in [0.15, 0.2) is 6.79 Å². The fourth-order valence-corrected chi connectivity index (χ4v) is 0.256. The Balaban J connectivity index is 3.12. The van der Waals surface area contributed by atoms with Gasteiger partial charge < -0.3 is 4.74 Å². The highest BCUT2D eigenvalue weighted by molar-refractivity contribution is 5.35. The van der Waals surface area contributed by atoms with E-state index in [1.165, 1.54) is 0 Å². The van der Waals surface area contributed by atoms with E-state index in [-0.39, 0.29) is 18.9 Å². The SMILES string of the molecule is CC(C)(C)OCOOC=O. The Bertz CT molecular complexity index is 94.4. The van der Waals surface area contributed by atoms with E-state index in [2.05, 4.69) is 9.78 Å². The number of hydrogen-bond acceptors (Lipinski definition) is 4. The van der Waals surface area contributed by atoms with Gasteiger partial charge in [0, 0.05) is 0 Å². The second kappa shape index (κ2) is 4.24. The zero-order valence-corrected chi connectivity index (χ0v) is 6.42. The average molecular weight is 148 g/mol. The lowest BCUT2D eigenvalue weighted by molar-refractivity contribution is -0.313. The van der Waals surface area contributed by atoms with Gasteiger partial charge in [-0.1, -0.05) is 0 Å². The van der Waals surface area contributed by atoms with Gasteiger partial charge in [0.25, 0.3) is 0 Å². The normalized spacial score (nSPS) is 11.1. The lowest BCUT2D eigenvalue weighted by Crippen LogP contribution is -2.20. The van der Waals surface area contributed by atoms with E-state index in [0.717, 1.165) is 0 Å². The monoisotopic (exact) mass is 148 g/mol. The Morgan fingerprint density at radius 2 is 2.00 bits per heavy atom. The summed E-state index contributed by atoms with van der Waals surface area (Å²) in [5, 5.41) is 0. The van der Waals surface area contributed by atoms with Gasteiger partial charge in [-0.05, 0) is 20.8 Å². The molecule has 0 aromatic rings. The quantitative estimate of drug-likeness (QED) is 0.195. The molecule has 0 bridgehead atoms. The van der Waals surface area contributed by atoms with Crippen molar-refractivity contribution in [2.24, 2.45) is 0 Å². The zero-order valence-electron chi connectivity index (χ0n) is 6.42. The molecule has 0 aromatic heterocycles. The maximum Gasteiger partial charge on any atom is 0.330 e. The average Bonchev–Trinajstić information content (AvgIpc) is 1.78. The zero-order chi connectivity index (χ0) is 8.04. The van der Waals surface area contributed by atoms with Crippen LogP contribution in [0, 0.1) is 0 Å². The molecule has 0 spiro atoms. The van der Waals surface area contributed by atoms with Crippen LogP contribution in [-0.4, -0.2) is 18.9 Å². The van der Waals surface area contributed by atoms with Crippen molar-refractivity contribution in [1.82, 2.24) is 0 Å². The van der Waals surface area contributed by atoms with Gasteiger partial charge in [-0.3, -0.25) is 9.68 Å². The Kier molecular flexibility index (Phi) is 3.99. The first-order valence-electron chi connectivity index (χ1n) is 2.92. The van der Waals surface area contributed by atoms with Crippen molar-refractivity contribution < 1.29 is 19.3 Å². The maximum absolute atomic E-state index is 9.53. The summed E-state index contributed by atoms with van der Waals surface area (Å²) in [5.74, 6) is 0. The molecule has 0 aliphatic rings. The second-order valence-corrected chi connectivity index (χ2v) is 2.68. The van der Waals surface area contributed by atoms with Crippen LogP contribution < -0.4 is 0 Å². The highest BCUT2D eigenvalue weighted by Crippen LogP contribution is 2.05. The largest absolute Gasteiger partial charge is 0.346 e. The first-order chi connectivity index (χ1) is 4.56. The highest BCUT2D eigenvalue weighted by atomic mass is 17.2. The number of carbonyl (C=O) groups excluding carboxylic acids is 1. The molecular weight excluding hydrogens is 136 g/mol. The molecule has 0 saturated carbocycles. The van der Waals surface area contributed by atoms with Crippen LogP contribution >= 0.6 is 0 Å². The molecule has 0 atom stereocenters. The van der Waals surface area contributed by atoms with Gasteiger partial charge >= 0.3 is 6.47 Å². The smallest absolute Gasteiger partial charge is 0.330 e. The molecule has 0 heterocycles. The van der Waals surface area contributed by atoms with E-state index in [1.807, 2.05) is 20.8 Å². The molecule has 0 unspecified atom stereocenters. The molecule has 0 aliphatic carbocycles. The van der Waals surface area contributed by atoms with Crippen LogP contribution in [0.5, 0.6) is 0 Å². The van der Waals surface area contributed by atoms with Crippen molar-refractivity contribution in [3.8, 4) is 0 Å². The third-order valence-corrected chi connectivity index (χ3v) is 0.647.